The number of ether oxygens (including phenoxy) is 2. The maximum atomic E-state index is 12.7. The molecule has 0 N–H and O–H groups in total. The van der Waals surface area contributed by atoms with Crippen LogP contribution in [-0.2, 0) is 9.47 Å². The summed E-state index contributed by atoms with van der Waals surface area (Å²) >= 11 is 5.96. The van der Waals surface area contributed by atoms with Crippen LogP contribution in [0.25, 0.3) is 27.7 Å². The van der Waals surface area contributed by atoms with Gasteiger partial charge in [0.2, 0.25) is 0 Å². The zero-order chi connectivity index (χ0) is 21.3. The lowest BCUT2D eigenvalue weighted by Gasteiger charge is -2.07. The average molecular weight is 422 g/mol. The summed E-state index contributed by atoms with van der Waals surface area (Å²) in [5.41, 5.74) is 1.52. The Kier molecular flexibility index (Phi) is 5.20. The number of rotatable bonds is 4. The SMILES string of the molecule is COC(=O)c1c(-c2ccc3cc(Cl)ncc3c2)nn(-c2ccccc2)c1C(=O)OC. The van der Waals surface area contributed by atoms with E-state index in [-0.39, 0.29) is 11.3 Å². The van der Waals surface area contributed by atoms with Crippen molar-refractivity contribution < 1.29 is 19.1 Å². The Morgan fingerprint density at radius 3 is 2.37 bits per heavy atom. The van der Waals surface area contributed by atoms with Gasteiger partial charge in [-0.3, -0.25) is 0 Å². The molecule has 4 aromatic rings. The Labute approximate surface area is 176 Å². The summed E-state index contributed by atoms with van der Waals surface area (Å²) in [7, 11) is 2.50. The van der Waals surface area contributed by atoms with Gasteiger partial charge >= 0.3 is 11.9 Å². The standard InChI is InChI=1S/C22H16ClN3O4/c1-29-21(27)18-19(14-9-8-13-11-17(23)24-12-15(13)10-14)25-26(20(18)22(28)30-2)16-6-4-3-5-7-16/h3-12H,1-2H3. The lowest BCUT2D eigenvalue weighted by molar-refractivity contribution is 0.0549. The predicted molar refractivity (Wildman–Crippen MR) is 112 cm³/mol. The van der Waals surface area contributed by atoms with Crippen molar-refractivity contribution in [2.75, 3.05) is 14.2 Å². The maximum Gasteiger partial charge on any atom is 0.357 e. The minimum atomic E-state index is -0.702. The minimum Gasteiger partial charge on any atom is -0.465 e. The zero-order valence-electron chi connectivity index (χ0n) is 16.1. The van der Waals surface area contributed by atoms with Gasteiger partial charge in [0, 0.05) is 17.1 Å². The molecule has 0 saturated heterocycles. The molecule has 2 aromatic carbocycles. The molecule has 0 amide bonds. The second-order valence-electron chi connectivity index (χ2n) is 6.37. The van der Waals surface area contributed by atoms with Gasteiger partial charge in [-0.1, -0.05) is 41.9 Å². The van der Waals surface area contributed by atoms with Crippen molar-refractivity contribution in [1.29, 1.82) is 0 Å². The lowest BCUT2D eigenvalue weighted by Crippen LogP contribution is -2.15. The molecule has 2 heterocycles. The first-order valence-electron chi connectivity index (χ1n) is 8.94. The maximum absolute atomic E-state index is 12.7. The average Bonchev–Trinajstić information content (AvgIpc) is 3.19. The third-order valence-electron chi connectivity index (χ3n) is 4.62. The normalized spacial score (nSPS) is 10.8. The third kappa shape index (κ3) is 3.40. The number of methoxy groups -OCH3 is 2. The van der Waals surface area contributed by atoms with E-state index in [1.165, 1.54) is 18.9 Å². The number of hydrogen-bond donors (Lipinski definition) is 0. The zero-order valence-corrected chi connectivity index (χ0v) is 16.9. The third-order valence-corrected chi connectivity index (χ3v) is 4.82. The van der Waals surface area contributed by atoms with E-state index in [0.717, 1.165) is 10.8 Å². The van der Waals surface area contributed by atoms with Gasteiger partial charge in [0.05, 0.1) is 19.9 Å². The highest BCUT2D eigenvalue weighted by Gasteiger charge is 2.31. The molecule has 2 aromatic heterocycles. The van der Waals surface area contributed by atoms with Gasteiger partial charge in [-0.15, -0.1) is 0 Å². The molecule has 7 nitrogen and oxygen atoms in total. The molecule has 0 aliphatic heterocycles. The largest absolute Gasteiger partial charge is 0.465 e. The predicted octanol–water partition coefficient (Wildman–Crippen LogP) is 4.31. The number of esters is 2. The van der Waals surface area contributed by atoms with E-state index in [0.29, 0.717) is 22.1 Å². The molecule has 0 aliphatic carbocycles. The molecule has 4 rings (SSSR count). The molecule has 0 spiro atoms. The summed E-state index contributed by atoms with van der Waals surface area (Å²) in [4.78, 5) is 29.4. The number of pyridine rings is 1. The van der Waals surface area contributed by atoms with Crippen LogP contribution in [0, 0.1) is 0 Å². The Bertz CT molecular complexity index is 1270. The first-order chi connectivity index (χ1) is 14.5. The van der Waals surface area contributed by atoms with Gasteiger partial charge in [0.1, 0.15) is 16.4 Å². The summed E-state index contributed by atoms with van der Waals surface area (Å²) < 4.78 is 11.3. The Balaban J connectivity index is 2.02. The smallest absolute Gasteiger partial charge is 0.357 e. The van der Waals surface area contributed by atoms with E-state index in [1.54, 1.807) is 42.6 Å². The molecule has 0 atom stereocenters. The molecule has 0 fully saturated rings. The van der Waals surface area contributed by atoms with Gasteiger partial charge < -0.3 is 9.47 Å². The minimum absolute atomic E-state index is 0.0140. The molecule has 0 bridgehead atoms. The van der Waals surface area contributed by atoms with Crippen molar-refractivity contribution >= 4 is 34.3 Å². The van der Waals surface area contributed by atoms with Gasteiger partial charge in [-0.2, -0.15) is 5.10 Å². The van der Waals surface area contributed by atoms with Crippen LogP contribution in [-0.4, -0.2) is 40.9 Å². The van der Waals surface area contributed by atoms with Gasteiger partial charge in [-0.25, -0.2) is 19.3 Å². The number of hydrogen-bond acceptors (Lipinski definition) is 6. The van der Waals surface area contributed by atoms with Crippen molar-refractivity contribution in [3.63, 3.8) is 0 Å². The van der Waals surface area contributed by atoms with Crippen LogP contribution < -0.4 is 0 Å². The second kappa shape index (κ2) is 7.96. The fourth-order valence-electron chi connectivity index (χ4n) is 3.22. The number of halogens is 1. The number of aromatic nitrogens is 3. The number of para-hydroxylation sites is 1. The van der Waals surface area contributed by atoms with Crippen molar-refractivity contribution in [3.8, 4) is 16.9 Å². The van der Waals surface area contributed by atoms with E-state index in [4.69, 9.17) is 21.1 Å². The van der Waals surface area contributed by atoms with E-state index >= 15 is 0 Å². The fourth-order valence-corrected chi connectivity index (χ4v) is 3.39. The van der Waals surface area contributed by atoms with Crippen LogP contribution in [0.5, 0.6) is 0 Å². The number of fused-ring (bicyclic) bond motifs is 1. The van der Waals surface area contributed by atoms with E-state index < -0.39 is 11.9 Å². The van der Waals surface area contributed by atoms with Crippen LogP contribution in [0.3, 0.4) is 0 Å². The fraction of sp³-hybridized carbons (Fsp3) is 0.0909. The highest BCUT2D eigenvalue weighted by Crippen LogP contribution is 2.31. The van der Waals surface area contributed by atoms with E-state index in [2.05, 4.69) is 10.1 Å². The Morgan fingerprint density at radius 2 is 1.67 bits per heavy atom. The molecular formula is C22H16ClN3O4. The van der Waals surface area contributed by atoms with Crippen molar-refractivity contribution in [3.05, 3.63) is 77.2 Å². The van der Waals surface area contributed by atoms with Crippen molar-refractivity contribution in [1.82, 2.24) is 14.8 Å². The first-order valence-corrected chi connectivity index (χ1v) is 9.32. The number of benzene rings is 2. The monoisotopic (exact) mass is 421 g/mol. The number of nitrogens with zero attached hydrogens (tertiary/aromatic N) is 3. The molecule has 8 heteroatoms. The van der Waals surface area contributed by atoms with Gasteiger partial charge in [0.15, 0.2) is 5.69 Å². The van der Waals surface area contributed by atoms with Crippen LogP contribution in [0.15, 0.2) is 60.8 Å². The summed E-state index contributed by atoms with van der Waals surface area (Å²) in [6.07, 6.45) is 1.63. The Morgan fingerprint density at radius 1 is 0.933 bits per heavy atom. The lowest BCUT2D eigenvalue weighted by atomic mass is 10.0. The molecule has 0 saturated carbocycles. The molecule has 150 valence electrons. The van der Waals surface area contributed by atoms with Crippen LogP contribution in [0.2, 0.25) is 5.15 Å². The topological polar surface area (TPSA) is 83.3 Å². The molecule has 30 heavy (non-hydrogen) atoms. The van der Waals surface area contributed by atoms with Crippen LogP contribution >= 0.6 is 11.6 Å². The molecule has 0 radical (unpaired) electrons. The molecular weight excluding hydrogens is 406 g/mol. The van der Waals surface area contributed by atoms with Crippen molar-refractivity contribution in [2.45, 2.75) is 0 Å². The van der Waals surface area contributed by atoms with Crippen LogP contribution in [0.4, 0.5) is 0 Å². The van der Waals surface area contributed by atoms with E-state index in [1.807, 2.05) is 18.2 Å². The van der Waals surface area contributed by atoms with Gasteiger partial charge in [-0.05, 0) is 29.7 Å². The quantitative estimate of drug-likeness (QED) is 0.360. The number of carbonyl (C=O) groups excluding carboxylic acids is 2. The summed E-state index contributed by atoms with van der Waals surface area (Å²) in [6, 6.07) is 16.2. The summed E-state index contributed by atoms with van der Waals surface area (Å²) in [5.74, 6) is -1.39. The Hall–Kier alpha value is -3.71. The summed E-state index contributed by atoms with van der Waals surface area (Å²) in [6.45, 7) is 0. The van der Waals surface area contributed by atoms with Crippen LogP contribution in [0.1, 0.15) is 20.8 Å². The van der Waals surface area contributed by atoms with Gasteiger partial charge in [0.25, 0.3) is 0 Å². The molecule has 0 aliphatic rings. The number of carbonyl (C=O) groups is 2. The van der Waals surface area contributed by atoms with E-state index in [9.17, 15) is 9.59 Å². The second-order valence-corrected chi connectivity index (χ2v) is 6.76. The summed E-state index contributed by atoms with van der Waals surface area (Å²) in [5, 5.41) is 6.65. The molecule has 0 unspecified atom stereocenters. The van der Waals surface area contributed by atoms with Crippen molar-refractivity contribution in [2.24, 2.45) is 0 Å². The highest BCUT2D eigenvalue weighted by molar-refractivity contribution is 6.30. The highest BCUT2D eigenvalue weighted by atomic mass is 35.5. The first kappa shape index (κ1) is 19.6.